The van der Waals surface area contributed by atoms with Crippen molar-refractivity contribution in [2.45, 2.75) is 19.8 Å². The quantitative estimate of drug-likeness (QED) is 0.335. The van der Waals surface area contributed by atoms with Crippen LogP contribution >= 0.6 is 23.8 Å². The summed E-state index contributed by atoms with van der Waals surface area (Å²) in [5.74, 6) is 0.0582. The Bertz CT molecular complexity index is 846. The number of carbonyl (C=O) groups is 2. The number of carbonyl (C=O) groups excluding carboxylic acids is 2. The summed E-state index contributed by atoms with van der Waals surface area (Å²) in [5, 5.41) is 3.01. The van der Waals surface area contributed by atoms with Crippen LogP contribution in [0.3, 0.4) is 0 Å². The largest absolute Gasteiger partial charge is 0.493 e. The first kappa shape index (κ1) is 22.4. The first-order chi connectivity index (χ1) is 14.0. The lowest BCUT2D eigenvalue weighted by Crippen LogP contribution is -2.49. The van der Waals surface area contributed by atoms with Gasteiger partial charge < -0.3 is 9.47 Å². The summed E-state index contributed by atoms with van der Waals surface area (Å²) in [6.45, 7) is 2.34. The van der Waals surface area contributed by atoms with E-state index in [9.17, 15) is 9.59 Å². The Morgan fingerprint density at radius 3 is 2.48 bits per heavy atom. The Kier molecular flexibility index (Phi) is 9.20. The van der Waals surface area contributed by atoms with Crippen molar-refractivity contribution < 1.29 is 19.1 Å². The third-order valence-electron chi connectivity index (χ3n) is 3.61. The lowest BCUT2D eigenvalue weighted by Gasteiger charge is -2.13. The van der Waals surface area contributed by atoms with Gasteiger partial charge in [-0.1, -0.05) is 37.1 Å². The zero-order chi connectivity index (χ0) is 21.1. The number of amides is 2. The number of ether oxygens (including phenoxy) is 2. The molecule has 0 aliphatic heterocycles. The van der Waals surface area contributed by atoms with Crippen LogP contribution in [0.1, 0.15) is 30.1 Å². The molecule has 0 radical (unpaired) electrons. The van der Waals surface area contributed by atoms with E-state index in [2.05, 4.69) is 23.1 Å². The molecule has 2 amide bonds. The van der Waals surface area contributed by atoms with Crippen molar-refractivity contribution in [1.82, 2.24) is 16.2 Å². The minimum atomic E-state index is -0.472. The molecule has 0 atom stereocenters. The molecule has 0 saturated heterocycles. The minimum Gasteiger partial charge on any atom is -0.493 e. The maximum absolute atomic E-state index is 12.4. The summed E-state index contributed by atoms with van der Waals surface area (Å²) >= 11 is 10.8. The van der Waals surface area contributed by atoms with Crippen molar-refractivity contribution >= 4 is 40.7 Å². The molecule has 0 aromatic heterocycles. The standard InChI is InChI=1S/C20H22ClN3O4S/c1-2-3-12-27-17-7-5-4-6-16(17)19(26)22-20(29)24-23-18(25)13-28-15-10-8-14(21)9-11-15/h4-11H,2-3,12-13H2,1H3,(H,23,25)(H2,22,24,26,29). The summed E-state index contributed by atoms with van der Waals surface area (Å²) in [5.41, 5.74) is 5.16. The smallest absolute Gasteiger partial charge is 0.276 e. The van der Waals surface area contributed by atoms with Gasteiger partial charge in [0.05, 0.1) is 12.2 Å². The van der Waals surface area contributed by atoms with Crippen LogP contribution in [-0.2, 0) is 4.79 Å². The molecule has 0 spiro atoms. The van der Waals surface area contributed by atoms with E-state index in [1.165, 1.54) is 0 Å². The molecule has 0 fully saturated rings. The Labute approximate surface area is 179 Å². The van der Waals surface area contributed by atoms with E-state index in [-0.39, 0.29) is 11.7 Å². The van der Waals surface area contributed by atoms with Gasteiger partial charge in [0.2, 0.25) is 0 Å². The highest BCUT2D eigenvalue weighted by Crippen LogP contribution is 2.18. The van der Waals surface area contributed by atoms with Crippen molar-refractivity contribution in [1.29, 1.82) is 0 Å². The molecule has 3 N–H and O–H groups in total. The van der Waals surface area contributed by atoms with E-state index in [0.717, 1.165) is 12.8 Å². The number of hydrazine groups is 1. The molecule has 0 saturated carbocycles. The zero-order valence-corrected chi connectivity index (χ0v) is 17.4. The summed E-state index contributed by atoms with van der Waals surface area (Å²) in [7, 11) is 0. The van der Waals surface area contributed by atoms with Crippen LogP contribution in [0, 0.1) is 0 Å². The second-order valence-electron chi connectivity index (χ2n) is 5.90. The summed E-state index contributed by atoms with van der Waals surface area (Å²) in [6, 6.07) is 13.5. The molecule has 0 bridgehead atoms. The van der Waals surface area contributed by atoms with Crippen LogP contribution in [0.25, 0.3) is 0 Å². The van der Waals surface area contributed by atoms with Crippen LogP contribution in [0.4, 0.5) is 0 Å². The first-order valence-corrected chi connectivity index (χ1v) is 9.78. The third kappa shape index (κ3) is 7.97. The third-order valence-corrected chi connectivity index (χ3v) is 4.07. The normalized spacial score (nSPS) is 10.0. The van der Waals surface area contributed by atoms with Crippen LogP contribution in [0.15, 0.2) is 48.5 Å². The molecule has 2 aromatic carbocycles. The Morgan fingerprint density at radius 1 is 1.03 bits per heavy atom. The van der Waals surface area contributed by atoms with E-state index in [4.69, 9.17) is 33.3 Å². The van der Waals surface area contributed by atoms with Crippen LogP contribution in [0.5, 0.6) is 11.5 Å². The molecule has 2 rings (SSSR count). The lowest BCUT2D eigenvalue weighted by molar-refractivity contribution is -0.123. The molecule has 29 heavy (non-hydrogen) atoms. The van der Waals surface area contributed by atoms with Crippen LogP contribution < -0.4 is 25.6 Å². The SMILES string of the molecule is CCCCOc1ccccc1C(=O)NC(=S)NNC(=O)COc1ccc(Cl)cc1. The van der Waals surface area contributed by atoms with Gasteiger partial charge >= 0.3 is 0 Å². The number of hydrogen-bond acceptors (Lipinski definition) is 5. The van der Waals surface area contributed by atoms with Gasteiger partial charge in [0.25, 0.3) is 11.8 Å². The number of halogens is 1. The predicted molar refractivity (Wildman–Crippen MR) is 115 cm³/mol. The summed E-state index contributed by atoms with van der Waals surface area (Å²) in [6.07, 6.45) is 1.88. The van der Waals surface area contributed by atoms with Gasteiger partial charge in [0.15, 0.2) is 11.7 Å². The van der Waals surface area contributed by atoms with E-state index in [0.29, 0.717) is 28.7 Å². The monoisotopic (exact) mass is 435 g/mol. The topological polar surface area (TPSA) is 88.7 Å². The van der Waals surface area contributed by atoms with Crippen molar-refractivity contribution in [3.63, 3.8) is 0 Å². The summed E-state index contributed by atoms with van der Waals surface area (Å²) in [4.78, 5) is 24.3. The Balaban J connectivity index is 1.77. The van der Waals surface area contributed by atoms with Crippen LogP contribution in [-0.4, -0.2) is 30.1 Å². The molecule has 0 aliphatic rings. The number of para-hydroxylation sites is 1. The number of nitrogens with one attached hydrogen (secondary N) is 3. The van der Waals surface area contributed by atoms with Gasteiger partial charge in [0, 0.05) is 5.02 Å². The van der Waals surface area contributed by atoms with E-state index in [1.807, 2.05) is 0 Å². The lowest BCUT2D eigenvalue weighted by atomic mass is 10.2. The number of hydrogen-bond donors (Lipinski definition) is 3. The predicted octanol–water partition coefficient (Wildman–Crippen LogP) is 3.23. The maximum Gasteiger partial charge on any atom is 0.276 e. The molecule has 0 unspecified atom stereocenters. The molecular weight excluding hydrogens is 414 g/mol. The average molecular weight is 436 g/mol. The molecule has 0 heterocycles. The molecule has 9 heteroatoms. The van der Waals surface area contributed by atoms with Crippen molar-refractivity contribution in [2.24, 2.45) is 0 Å². The fourth-order valence-corrected chi connectivity index (χ4v) is 2.42. The van der Waals surface area contributed by atoms with Gasteiger partial charge in [-0.15, -0.1) is 0 Å². The number of thiocarbonyl (C=S) groups is 1. The van der Waals surface area contributed by atoms with Crippen LogP contribution in [0.2, 0.25) is 5.02 Å². The summed E-state index contributed by atoms with van der Waals surface area (Å²) < 4.78 is 11.0. The molecule has 154 valence electrons. The van der Waals surface area contributed by atoms with Gasteiger partial charge in [-0.05, 0) is 55.0 Å². The second-order valence-corrected chi connectivity index (χ2v) is 6.74. The zero-order valence-electron chi connectivity index (χ0n) is 15.9. The van der Waals surface area contributed by atoms with Crippen molar-refractivity contribution in [3.8, 4) is 11.5 Å². The highest BCUT2D eigenvalue weighted by atomic mass is 35.5. The molecule has 2 aromatic rings. The maximum atomic E-state index is 12.4. The second kappa shape index (κ2) is 11.9. The van der Waals surface area contributed by atoms with Crippen molar-refractivity contribution in [2.75, 3.05) is 13.2 Å². The number of rotatable bonds is 8. The Morgan fingerprint density at radius 2 is 1.76 bits per heavy atom. The van der Waals surface area contributed by atoms with Gasteiger partial charge in [-0.2, -0.15) is 0 Å². The van der Waals surface area contributed by atoms with E-state index < -0.39 is 11.8 Å². The fraction of sp³-hybridized carbons (Fsp3) is 0.250. The highest BCUT2D eigenvalue weighted by Gasteiger charge is 2.14. The number of benzene rings is 2. The first-order valence-electron chi connectivity index (χ1n) is 9.00. The number of unbranched alkanes of at least 4 members (excludes halogenated alkanes) is 1. The molecule has 0 aliphatic carbocycles. The average Bonchev–Trinajstić information content (AvgIpc) is 2.72. The highest BCUT2D eigenvalue weighted by molar-refractivity contribution is 7.80. The molecular formula is C20H22ClN3O4S. The van der Waals surface area contributed by atoms with Gasteiger partial charge in [-0.25, -0.2) is 0 Å². The van der Waals surface area contributed by atoms with Gasteiger partial charge in [-0.3, -0.25) is 25.8 Å². The van der Waals surface area contributed by atoms with E-state index >= 15 is 0 Å². The minimum absolute atomic E-state index is 0.0572. The fourth-order valence-electron chi connectivity index (χ4n) is 2.15. The Hall–Kier alpha value is -2.84. The molecule has 7 nitrogen and oxygen atoms in total. The van der Waals surface area contributed by atoms with Gasteiger partial charge in [0.1, 0.15) is 11.5 Å². The van der Waals surface area contributed by atoms with Crippen molar-refractivity contribution in [3.05, 3.63) is 59.1 Å². The van der Waals surface area contributed by atoms with E-state index in [1.54, 1.807) is 48.5 Å².